The Morgan fingerprint density at radius 1 is 1.00 bits per heavy atom. The van der Waals surface area contributed by atoms with Crippen molar-refractivity contribution in [3.63, 3.8) is 0 Å². The first-order valence-corrected chi connectivity index (χ1v) is 4.05. The maximum atomic E-state index is 13.1. The van der Waals surface area contributed by atoms with Crippen LogP contribution in [0.15, 0.2) is 30.3 Å². The van der Waals surface area contributed by atoms with Crippen molar-refractivity contribution in [3.8, 4) is 0 Å². The molecule has 0 saturated heterocycles. The van der Waals surface area contributed by atoms with Crippen LogP contribution in [0.5, 0.6) is 0 Å². The van der Waals surface area contributed by atoms with Crippen LogP contribution in [0.1, 0.15) is 10.4 Å². The first kappa shape index (κ1) is 8.81. The molecule has 0 aliphatic carbocycles. The smallest absolute Gasteiger partial charge is 0.153 e. The van der Waals surface area contributed by atoms with Crippen molar-refractivity contribution in [2.24, 2.45) is 0 Å². The molecule has 0 amide bonds. The molecule has 2 aromatic rings. The molecule has 70 valence electrons. The number of rotatable bonds is 1. The Balaban J connectivity index is 2.79. The molecule has 2 aromatic carbocycles. The summed E-state index contributed by atoms with van der Waals surface area (Å²) in [6.45, 7) is 0. The lowest BCUT2D eigenvalue weighted by atomic mass is 10.1. The van der Waals surface area contributed by atoms with Gasteiger partial charge in [0, 0.05) is 0 Å². The topological polar surface area (TPSA) is 17.1 Å². The Bertz CT molecular complexity index is 506. The lowest BCUT2D eigenvalue weighted by molar-refractivity contribution is 0.112. The monoisotopic (exact) mass is 192 g/mol. The SMILES string of the molecule is O=Cc1cc2ccc(F)cc2cc1F. The molecule has 1 nitrogen and oxygen atoms in total. The second-order valence-corrected chi connectivity index (χ2v) is 2.98. The van der Waals surface area contributed by atoms with Gasteiger partial charge in [0.2, 0.25) is 0 Å². The van der Waals surface area contributed by atoms with Gasteiger partial charge in [-0.3, -0.25) is 4.79 Å². The zero-order valence-corrected chi connectivity index (χ0v) is 7.13. The van der Waals surface area contributed by atoms with Gasteiger partial charge >= 0.3 is 0 Å². The van der Waals surface area contributed by atoms with Gasteiger partial charge in [-0.05, 0) is 35.0 Å². The zero-order chi connectivity index (χ0) is 10.1. The van der Waals surface area contributed by atoms with Crippen LogP contribution in [-0.2, 0) is 0 Å². The first-order chi connectivity index (χ1) is 6.70. The van der Waals surface area contributed by atoms with E-state index in [0.717, 1.165) is 6.07 Å². The van der Waals surface area contributed by atoms with Gasteiger partial charge in [-0.1, -0.05) is 6.07 Å². The number of aldehydes is 1. The van der Waals surface area contributed by atoms with Crippen molar-refractivity contribution in [1.82, 2.24) is 0 Å². The molecule has 0 aliphatic rings. The lowest BCUT2D eigenvalue weighted by Gasteiger charge is -2.00. The van der Waals surface area contributed by atoms with E-state index in [0.29, 0.717) is 17.1 Å². The molecule has 0 heterocycles. The van der Waals surface area contributed by atoms with Gasteiger partial charge in [-0.15, -0.1) is 0 Å². The van der Waals surface area contributed by atoms with E-state index >= 15 is 0 Å². The molecule has 0 atom stereocenters. The minimum Gasteiger partial charge on any atom is -0.298 e. The molecule has 0 bridgehead atoms. The molecule has 2 rings (SSSR count). The minimum absolute atomic E-state index is 0.0101. The highest BCUT2D eigenvalue weighted by molar-refractivity contribution is 5.89. The van der Waals surface area contributed by atoms with Crippen molar-refractivity contribution in [2.75, 3.05) is 0 Å². The molecular weight excluding hydrogens is 186 g/mol. The maximum absolute atomic E-state index is 13.1. The Hall–Kier alpha value is -1.77. The summed E-state index contributed by atoms with van der Waals surface area (Å²) in [5, 5.41) is 1.10. The van der Waals surface area contributed by atoms with Crippen LogP contribution >= 0.6 is 0 Å². The predicted octanol–water partition coefficient (Wildman–Crippen LogP) is 2.93. The highest BCUT2D eigenvalue weighted by atomic mass is 19.1. The summed E-state index contributed by atoms with van der Waals surface area (Å²) in [6, 6.07) is 6.57. The summed E-state index contributed by atoms with van der Waals surface area (Å²) in [5.74, 6) is -1.05. The van der Waals surface area contributed by atoms with Crippen molar-refractivity contribution in [2.45, 2.75) is 0 Å². The summed E-state index contributed by atoms with van der Waals surface area (Å²) in [6.07, 6.45) is 0.443. The third-order valence-electron chi connectivity index (χ3n) is 2.04. The largest absolute Gasteiger partial charge is 0.298 e. The average molecular weight is 192 g/mol. The fourth-order valence-electron chi connectivity index (χ4n) is 1.35. The molecule has 0 radical (unpaired) electrons. The van der Waals surface area contributed by atoms with Crippen LogP contribution in [0.2, 0.25) is 0 Å². The summed E-state index contributed by atoms with van der Waals surface area (Å²) in [7, 11) is 0. The molecule has 0 fully saturated rings. The van der Waals surface area contributed by atoms with E-state index in [1.54, 1.807) is 0 Å². The number of hydrogen-bond acceptors (Lipinski definition) is 1. The van der Waals surface area contributed by atoms with E-state index in [2.05, 4.69) is 0 Å². The number of halogens is 2. The highest BCUT2D eigenvalue weighted by Crippen LogP contribution is 2.19. The molecule has 0 unspecified atom stereocenters. The lowest BCUT2D eigenvalue weighted by Crippen LogP contribution is -1.88. The number of carbonyl (C=O) groups excluding carboxylic acids is 1. The second-order valence-electron chi connectivity index (χ2n) is 2.98. The van der Waals surface area contributed by atoms with Gasteiger partial charge in [0.1, 0.15) is 11.6 Å². The standard InChI is InChI=1S/C11H6F2O/c12-10-2-1-7-3-9(6-14)11(13)5-8(7)4-10/h1-6H. The van der Waals surface area contributed by atoms with Crippen molar-refractivity contribution < 1.29 is 13.6 Å². The first-order valence-electron chi connectivity index (χ1n) is 4.05. The van der Waals surface area contributed by atoms with Crippen LogP contribution in [0.25, 0.3) is 10.8 Å². The average Bonchev–Trinajstić information content (AvgIpc) is 2.16. The van der Waals surface area contributed by atoms with Crippen LogP contribution in [0, 0.1) is 11.6 Å². The van der Waals surface area contributed by atoms with Gasteiger partial charge in [0.25, 0.3) is 0 Å². The quantitative estimate of drug-likeness (QED) is 0.635. The van der Waals surface area contributed by atoms with Crippen LogP contribution in [-0.4, -0.2) is 6.29 Å². The number of carbonyl (C=O) groups is 1. The van der Waals surface area contributed by atoms with Gasteiger partial charge in [0.05, 0.1) is 5.56 Å². The summed E-state index contributed by atoms with van der Waals surface area (Å²) < 4.78 is 25.9. The third kappa shape index (κ3) is 1.37. The molecule has 0 N–H and O–H groups in total. The molecule has 14 heavy (non-hydrogen) atoms. The van der Waals surface area contributed by atoms with Gasteiger partial charge in [-0.25, -0.2) is 8.78 Å². The molecule has 0 aromatic heterocycles. The summed E-state index contributed by atoms with van der Waals surface area (Å²) in [4.78, 5) is 10.4. The van der Waals surface area contributed by atoms with E-state index in [4.69, 9.17) is 0 Å². The fraction of sp³-hybridized carbons (Fsp3) is 0. The normalized spacial score (nSPS) is 10.4. The molecule has 0 spiro atoms. The number of hydrogen-bond donors (Lipinski definition) is 0. The van der Waals surface area contributed by atoms with Crippen molar-refractivity contribution >= 4 is 17.1 Å². The second kappa shape index (κ2) is 3.18. The Labute approximate surface area is 79.0 Å². The number of benzene rings is 2. The van der Waals surface area contributed by atoms with Crippen LogP contribution < -0.4 is 0 Å². The molecular formula is C11H6F2O. The Morgan fingerprint density at radius 2 is 1.79 bits per heavy atom. The van der Waals surface area contributed by atoms with Gasteiger partial charge < -0.3 is 0 Å². The van der Waals surface area contributed by atoms with Crippen LogP contribution in [0.3, 0.4) is 0 Å². The zero-order valence-electron chi connectivity index (χ0n) is 7.13. The fourth-order valence-corrected chi connectivity index (χ4v) is 1.35. The van der Waals surface area contributed by atoms with Gasteiger partial charge in [-0.2, -0.15) is 0 Å². The van der Waals surface area contributed by atoms with Gasteiger partial charge in [0.15, 0.2) is 6.29 Å². The van der Waals surface area contributed by atoms with Crippen molar-refractivity contribution in [1.29, 1.82) is 0 Å². The van der Waals surface area contributed by atoms with E-state index < -0.39 is 11.6 Å². The van der Waals surface area contributed by atoms with Crippen LogP contribution in [0.4, 0.5) is 8.78 Å². The summed E-state index contributed by atoms with van der Waals surface area (Å²) in [5.41, 5.74) is -0.0101. The Morgan fingerprint density at radius 3 is 2.50 bits per heavy atom. The van der Waals surface area contributed by atoms with E-state index in [-0.39, 0.29) is 5.56 Å². The van der Waals surface area contributed by atoms with Crippen molar-refractivity contribution in [3.05, 3.63) is 47.5 Å². The van der Waals surface area contributed by atoms with E-state index in [9.17, 15) is 13.6 Å². The summed E-state index contributed by atoms with van der Waals surface area (Å²) >= 11 is 0. The van der Waals surface area contributed by atoms with E-state index in [1.165, 1.54) is 24.3 Å². The van der Waals surface area contributed by atoms with E-state index in [1.807, 2.05) is 0 Å². The minimum atomic E-state index is -0.627. The molecule has 0 aliphatic heterocycles. The number of fused-ring (bicyclic) bond motifs is 1. The Kier molecular flexibility index (Phi) is 2.00. The molecule has 3 heteroatoms. The highest BCUT2D eigenvalue weighted by Gasteiger charge is 2.04. The maximum Gasteiger partial charge on any atom is 0.153 e. The predicted molar refractivity (Wildman–Crippen MR) is 49.3 cm³/mol. The molecule has 0 saturated carbocycles. The third-order valence-corrected chi connectivity index (χ3v) is 2.04.